The number of para-hydroxylation sites is 1. The molecule has 1 aromatic heterocycles. The number of fused-ring (bicyclic) bond motifs is 1. The van der Waals surface area contributed by atoms with E-state index >= 15 is 0 Å². The first-order valence-corrected chi connectivity index (χ1v) is 9.97. The van der Waals surface area contributed by atoms with Crippen LogP contribution in [0.15, 0.2) is 30.3 Å². The molecule has 0 unspecified atom stereocenters. The summed E-state index contributed by atoms with van der Waals surface area (Å²) in [5.74, 6) is 3.12. The van der Waals surface area contributed by atoms with Crippen LogP contribution in [0.3, 0.4) is 0 Å². The van der Waals surface area contributed by atoms with Crippen molar-refractivity contribution in [2.45, 2.75) is 6.92 Å². The molecule has 148 valence electrons. The summed E-state index contributed by atoms with van der Waals surface area (Å²) in [7, 11) is 0. The summed E-state index contributed by atoms with van der Waals surface area (Å²) in [5, 5.41) is 5.96. The highest BCUT2D eigenvalue weighted by atomic mass is 32.1. The van der Waals surface area contributed by atoms with Crippen molar-refractivity contribution in [2.24, 2.45) is 0 Å². The Hall–Kier alpha value is -3.02. The number of piperazine rings is 1. The molecule has 0 spiro atoms. The van der Waals surface area contributed by atoms with Gasteiger partial charge in [0.25, 0.3) is 5.91 Å². The molecule has 5 nitrogen and oxygen atoms in total. The number of amides is 1. The van der Waals surface area contributed by atoms with Gasteiger partial charge in [-0.25, -0.2) is 13.8 Å². The van der Waals surface area contributed by atoms with Gasteiger partial charge in [0.2, 0.25) is 0 Å². The molecule has 1 amide bonds. The van der Waals surface area contributed by atoms with E-state index in [0.29, 0.717) is 24.3 Å². The average Bonchev–Trinajstić information content (AvgIpc) is 3.11. The predicted octanol–water partition coefficient (Wildman–Crippen LogP) is 3.61. The van der Waals surface area contributed by atoms with Crippen LogP contribution in [0.1, 0.15) is 22.8 Å². The molecule has 0 saturated carbocycles. The lowest BCUT2D eigenvalue weighted by molar-refractivity contribution is 0.101. The number of carbonyl (C=O) groups is 1. The molecule has 2 heterocycles. The van der Waals surface area contributed by atoms with Crippen molar-refractivity contribution in [3.05, 3.63) is 53.1 Å². The van der Waals surface area contributed by atoms with Gasteiger partial charge in [0.05, 0.1) is 15.8 Å². The highest BCUT2D eigenvalue weighted by molar-refractivity contribution is 7.22. The number of hydrogen-bond donors (Lipinski definition) is 2. The molecule has 1 saturated heterocycles. The fraction of sp³-hybridized carbons (Fsp3) is 0.238. The zero-order valence-electron chi connectivity index (χ0n) is 15.7. The zero-order chi connectivity index (χ0) is 20.4. The fourth-order valence-electron chi connectivity index (χ4n) is 3.28. The number of thiazole rings is 1. The minimum atomic E-state index is -0.894. The number of carbonyl (C=O) groups excluding carboxylic acids is 1. The molecule has 1 fully saturated rings. The maximum atomic E-state index is 14.6. The molecule has 8 heteroatoms. The summed E-state index contributed by atoms with van der Waals surface area (Å²) >= 11 is 1.23. The van der Waals surface area contributed by atoms with E-state index in [2.05, 4.69) is 27.5 Å². The molecule has 4 rings (SSSR count). The molecular weight excluding hydrogens is 394 g/mol. The monoisotopic (exact) mass is 412 g/mol. The van der Waals surface area contributed by atoms with E-state index < -0.39 is 23.1 Å². The van der Waals surface area contributed by atoms with Gasteiger partial charge in [0, 0.05) is 31.9 Å². The van der Waals surface area contributed by atoms with Crippen molar-refractivity contribution in [3.63, 3.8) is 0 Å². The Bertz CT molecular complexity index is 1120. The van der Waals surface area contributed by atoms with Gasteiger partial charge < -0.3 is 10.2 Å². The van der Waals surface area contributed by atoms with Crippen LogP contribution in [0.5, 0.6) is 0 Å². The van der Waals surface area contributed by atoms with E-state index in [-0.39, 0.29) is 5.13 Å². The fourth-order valence-corrected chi connectivity index (χ4v) is 4.17. The standard InChI is InChI=1S/C21H18F2N4OS/c1-2-4-13-5-3-6-17-19(13)25-21(29-17)26-20(28)18-15(22)11-14(12-16(18)23)27-9-7-24-8-10-27/h3,5-6,11-12,24H,7-10H2,1H3,(H,25,26,28). The molecular formula is C21H18F2N4OS. The molecule has 2 aromatic carbocycles. The van der Waals surface area contributed by atoms with Crippen molar-refractivity contribution in [3.8, 4) is 11.8 Å². The molecule has 0 bridgehead atoms. The van der Waals surface area contributed by atoms with Crippen LogP contribution in [0.25, 0.3) is 10.2 Å². The summed E-state index contributed by atoms with van der Waals surface area (Å²) in [6, 6.07) is 7.94. The lowest BCUT2D eigenvalue weighted by atomic mass is 10.1. The smallest absolute Gasteiger partial charge is 0.263 e. The van der Waals surface area contributed by atoms with E-state index in [1.807, 2.05) is 23.1 Å². The van der Waals surface area contributed by atoms with Gasteiger partial charge in [0.15, 0.2) is 5.13 Å². The van der Waals surface area contributed by atoms with Gasteiger partial charge in [-0.05, 0) is 31.2 Å². The quantitative estimate of drug-likeness (QED) is 0.646. The van der Waals surface area contributed by atoms with Gasteiger partial charge in [-0.15, -0.1) is 5.92 Å². The van der Waals surface area contributed by atoms with Crippen molar-refractivity contribution >= 4 is 38.3 Å². The van der Waals surface area contributed by atoms with Crippen LogP contribution in [-0.2, 0) is 0 Å². The van der Waals surface area contributed by atoms with E-state index in [1.165, 1.54) is 23.5 Å². The summed E-state index contributed by atoms with van der Waals surface area (Å²) in [6.07, 6.45) is 0. The Morgan fingerprint density at radius 1 is 1.24 bits per heavy atom. The summed E-state index contributed by atoms with van der Waals surface area (Å²) in [6.45, 7) is 4.52. The predicted molar refractivity (Wildman–Crippen MR) is 112 cm³/mol. The highest BCUT2D eigenvalue weighted by Crippen LogP contribution is 2.29. The van der Waals surface area contributed by atoms with E-state index in [4.69, 9.17) is 0 Å². The number of halogens is 2. The van der Waals surface area contributed by atoms with Crippen LogP contribution in [0.4, 0.5) is 19.6 Å². The maximum absolute atomic E-state index is 14.6. The Morgan fingerprint density at radius 3 is 2.66 bits per heavy atom. The number of nitrogens with one attached hydrogen (secondary N) is 2. The van der Waals surface area contributed by atoms with Crippen molar-refractivity contribution in [1.29, 1.82) is 0 Å². The number of nitrogens with zero attached hydrogens (tertiary/aromatic N) is 2. The SMILES string of the molecule is CC#Cc1cccc2sc(NC(=O)c3c(F)cc(N4CCNCC4)cc3F)nc12. The molecule has 1 aliphatic rings. The third-order valence-electron chi connectivity index (χ3n) is 4.64. The number of benzene rings is 2. The minimum Gasteiger partial charge on any atom is -0.369 e. The molecule has 0 radical (unpaired) electrons. The third kappa shape index (κ3) is 3.92. The molecule has 1 aliphatic heterocycles. The Labute approximate surface area is 170 Å². The first kappa shape index (κ1) is 19.3. The summed E-state index contributed by atoms with van der Waals surface area (Å²) < 4.78 is 30.0. The van der Waals surface area contributed by atoms with Gasteiger partial charge in [-0.2, -0.15) is 0 Å². The second-order valence-electron chi connectivity index (χ2n) is 6.52. The van der Waals surface area contributed by atoms with Crippen LogP contribution in [-0.4, -0.2) is 37.1 Å². The second kappa shape index (κ2) is 8.15. The lowest BCUT2D eigenvalue weighted by Gasteiger charge is -2.29. The van der Waals surface area contributed by atoms with Gasteiger partial charge >= 0.3 is 0 Å². The van der Waals surface area contributed by atoms with Crippen molar-refractivity contribution in [1.82, 2.24) is 10.3 Å². The maximum Gasteiger partial charge on any atom is 0.263 e. The zero-order valence-corrected chi connectivity index (χ0v) is 16.5. The first-order chi connectivity index (χ1) is 14.1. The number of anilines is 2. The minimum absolute atomic E-state index is 0.264. The number of aromatic nitrogens is 1. The van der Waals surface area contributed by atoms with Gasteiger partial charge in [0.1, 0.15) is 17.2 Å². The topological polar surface area (TPSA) is 57.3 Å². The van der Waals surface area contributed by atoms with E-state index in [0.717, 1.165) is 23.4 Å². The van der Waals surface area contributed by atoms with Crippen molar-refractivity contribution < 1.29 is 13.6 Å². The van der Waals surface area contributed by atoms with Crippen LogP contribution >= 0.6 is 11.3 Å². The number of hydrogen-bond acceptors (Lipinski definition) is 5. The van der Waals surface area contributed by atoms with Crippen LogP contribution in [0, 0.1) is 23.5 Å². The summed E-state index contributed by atoms with van der Waals surface area (Å²) in [4.78, 5) is 18.8. The van der Waals surface area contributed by atoms with Crippen molar-refractivity contribution in [2.75, 3.05) is 36.4 Å². The largest absolute Gasteiger partial charge is 0.369 e. The normalized spacial score (nSPS) is 13.8. The average molecular weight is 412 g/mol. The second-order valence-corrected chi connectivity index (χ2v) is 7.55. The molecule has 0 aliphatic carbocycles. The molecule has 29 heavy (non-hydrogen) atoms. The van der Waals surface area contributed by atoms with Gasteiger partial charge in [-0.1, -0.05) is 23.3 Å². The van der Waals surface area contributed by atoms with Crippen LogP contribution in [0.2, 0.25) is 0 Å². The summed E-state index contributed by atoms with van der Waals surface area (Å²) in [5.41, 5.74) is 1.20. The molecule has 3 aromatic rings. The van der Waals surface area contributed by atoms with E-state index in [1.54, 1.807) is 6.92 Å². The highest BCUT2D eigenvalue weighted by Gasteiger charge is 2.22. The number of rotatable bonds is 3. The Balaban J connectivity index is 1.60. The third-order valence-corrected chi connectivity index (χ3v) is 5.57. The Kier molecular flexibility index (Phi) is 5.43. The molecule has 0 atom stereocenters. The van der Waals surface area contributed by atoms with Gasteiger partial charge in [-0.3, -0.25) is 10.1 Å². The lowest BCUT2D eigenvalue weighted by Crippen LogP contribution is -2.43. The van der Waals surface area contributed by atoms with Crippen LogP contribution < -0.4 is 15.5 Å². The Morgan fingerprint density at radius 2 is 1.97 bits per heavy atom. The van der Waals surface area contributed by atoms with E-state index in [9.17, 15) is 13.6 Å². The molecule has 2 N–H and O–H groups in total. The first-order valence-electron chi connectivity index (χ1n) is 9.15.